The van der Waals surface area contributed by atoms with Crippen LogP contribution in [0.5, 0.6) is 0 Å². The van der Waals surface area contributed by atoms with Crippen molar-refractivity contribution in [1.82, 2.24) is 10.0 Å². The van der Waals surface area contributed by atoms with Gasteiger partial charge >= 0.3 is 5.97 Å². The molecule has 0 saturated carbocycles. The van der Waals surface area contributed by atoms with Crippen molar-refractivity contribution in [3.8, 4) is 0 Å². The van der Waals surface area contributed by atoms with Gasteiger partial charge in [-0.15, -0.1) is 11.3 Å². The van der Waals surface area contributed by atoms with Crippen LogP contribution in [0, 0.1) is 0 Å². The maximum atomic E-state index is 12.2. The number of imide groups is 1. The van der Waals surface area contributed by atoms with E-state index in [-0.39, 0.29) is 17.5 Å². The summed E-state index contributed by atoms with van der Waals surface area (Å²) in [5.74, 6) is -1.41. The normalized spacial score (nSPS) is 13.3. The largest absolute Gasteiger partial charge is 0.334 e. The zero-order chi connectivity index (χ0) is 18.1. The van der Waals surface area contributed by atoms with Gasteiger partial charge in [0.25, 0.3) is 11.8 Å². The van der Waals surface area contributed by atoms with E-state index in [1.807, 2.05) is 24.3 Å². The average molecular weight is 384 g/mol. The van der Waals surface area contributed by atoms with E-state index in [0.717, 1.165) is 14.6 Å². The molecular formula is C18H12N2O4S2. The van der Waals surface area contributed by atoms with Gasteiger partial charge in [0.2, 0.25) is 0 Å². The van der Waals surface area contributed by atoms with Crippen LogP contribution in [-0.4, -0.2) is 33.6 Å². The minimum atomic E-state index is -0.631. The number of amides is 2. The Bertz CT molecular complexity index is 963. The third-order valence-corrected chi connectivity index (χ3v) is 5.94. The number of hydrogen-bond donors (Lipinski definition) is 0. The first kappa shape index (κ1) is 16.7. The van der Waals surface area contributed by atoms with Gasteiger partial charge in [-0.05, 0) is 24.3 Å². The summed E-state index contributed by atoms with van der Waals surface area (Å²) < 4.78 is 1.95. The van der Waals surface area contributed by atoms with E-state index < -0.39 is 17.8 Å². The Labute approximate surface area is 156 Å². The molecule has 4 rings (SSSR count). The van der Waals surface area contributed by atoms with E-state index in [2.05, 4.69) is 4.98 Å². The van der Waals surface area contributed by atoms with Crippen molar-refractivity contribution in [2.45, 2.75) is 10.8 Å². The molecule has 2 amide bonds. The van der Waals surface area contributed by atoms with Crippen molar-refractivity contribution in [2.24, 2.45) is 0 Å². The lowest BCUT2D eigenvalue weighted by Crippen LogP contribution is -2.32. The van der Waals surface area contributed by atoms with E-state index in [0.29, 0.717) is 10.8 Å². The van der Waals surface area contributed by atoms with Crippen molar-refractivity contribution in [2.75, 3.05) is 5.75 Å². The Kier molecular flexibility index (Phi) is 4.44. The Morgan fingerprint density at radius 3 is 2.38 bits per heavy atom. The first-order valence-corrected chi connectivity index (χ1v) is 9.60. The fourth-order valence-corrected chi connectivity index (χ4v) is 4.59. The van der Waals surface area contributed by atoms with Gasteiger partial charge < -0.3 is 4.84 Å². The molecule has 0 N–H and O–H groups in total. The van der Waals surface area contributed by atoms with Crippen LogP contribution in [0.25, 0.3) is 10.2 Å². The molecule has 0 spiro atoms. The number of carbonyl (C=O) groups is 3. The van der Waals surface area contributed by atoms with Crippen molar-refractivity contribution >= 4 is 51.1 Å². The molecule has 8 heteroatoms. The second-order valence-electron chi connectivity index (χ2n) is 5.46. The van der Waals surface area contributed by atoms with Gasteiger partial charge in [-0.2, -0.15) is 0 Å². The first-order valence-electron chi connectivity index (χ1n) is 7.80. The van der Waals surface area contributed by atoms with Gasteiger partial charge in [-0.25, -0.2) is 9.78 Å². The molecule has 0 aliphatic carbocycles. The summed E-state index contributed by atoms with van der Waals surface area (Å²) in [4.78, 5) is 45.8. The topological polar surface area (TPSA) is 76.6 Å². The number of hydrogen-bond acceptors (Lipinski definition) is 7. The first-order chi connectivity index (χ1) is 12.6. The summed E-state index contributed by atoms with van der Waals surface area (Å²) >= 11 is 2.99. The van der Waals surface area contributed by atoms with E-state index in [9.17, 15) is 14.4 Å². The molecule has 2 aromatic carbocycles. The fraction of sp³-hybridized carbons (Fsp3) is 0.111. The summed E-state index contributed by atoms with van der Waals surface area (Å²) in [7, 11) is 0. The minimum Gasteiger partial charge on any atom is -0.330 e. The molecule has 1 aliphatic rings. The monoisotopic (exact) mass is 384 g/mol. The van der Waals surface area contributed by atoms with Gasteiger partial charge in [0, 0.05) is 5.75 Å². The number of carbonyl (C=O) groups excluding carboxylic acids is 3. The standard InChI is InChI=1S/C18H12N2O4S2/c21-15(9-10-25-18-19-13-7-3-4-8-14(13)26-18)24-20-16(22)11-5-1-2-6-12(11)17(20)23/h1-8H,9-10H2. The summed E-state index contributed by atoms with van der Waals surface area (Å²) in [6.07, 6.45) is 0.0635. The maximum absolute atomic E-state index is 12.2. The van der Waals surface area contributed by atoms with Crippen LogP contribution in [0.4, 0.5) is 0 Å². The average Bonchev–Trinajstić information content (AvgIpc) is 3.16. The van der Waals surface area contributed by atoms with Gasteiger partial charge in [-0.3, -0.25) is 9.59 Å². The zero-order valence-corrected chi connectivity index (χ0v) is 15.0. The summed E-state index contributed by atoms with van der Waals surface area (Å²) in [6.45, 7) is 0. The van der Waals surface area contributed by atoms with Crippen LogP contribution in [0.15, 0.2) is 52.9 Å². The summed E-state index contributed by atoms with van der Waals surface area (Å²) in [5.41, 5.74) is 1.41. The van der Waals surface area contributed by atoms with Gasteiger partial charge in [0.15, 0.2) is 4.34 Å². The highest BCUT2D eigenvalue weighted by Crippen LogP contribution is 2.30. The molecule has 0 atom stereocenters. The molecule has 2 heterocycles. The smallest absolute Gasteiger partial charge is 0.330 e. The number of benzene rings is 2. The van der Waals surface area contributed by atoms with Crippen molar-refractivity contribution < 1.29 is 19.2 Å². The number of rotatable bonds is 5. The second kappa shape index (κ2) is 6.89. The third-order valence-electron chi connectivity index (χ3n) is 3.76. The Hall–Kier alpha value is -2.71. The number of thiazole rings is 1. The van der Waals surface area contributed by atoms with E-state index in [4.69, 9.17) is 4.84 Å². The molecule has 130 valence electrons. The van der Waals surface area contributed by atoms with Crippen molar-refractivity contribution in [3.63, 3.8) is 0 Å². The summed E-state index contributed by atoms with van der Waals surface area (Å²) in [6, 6.07) is 14.2. The van der Waals surface area contributed by atoms with Gasteiger partial charge in [0.05, 0.1) is 27.8 Å². The summed E-state index contributed by atoms with van der Waals surface area (Å²) in [5, 5.41) is 0.537. The van der Waals surface area contributed by atoms with E-state index in [1.165, 1.54) is 23.9 Å². The lowest BCUT2D eigenvalue weighted by molar-refractivity contribution is -0.167. The van der Waals surface area contributed by atoms with E-state index >= 15 is 0 Å². The van der Waals surface area contributed by atoms with Crippen LogP contribution in [0.3, 0.4) is 0 Å². The highest BCUT2D eigenvalue weighted by atomic mass is 32.2. The Morgan fingerprint density at radius 2 is 1.69 bits per heavy atom. The number of nitrogens with zero attached hydrogens (tertiary/aromatic N) is 2. The molecule has 0 unspecified atom stereocenters. The highest BCUT2D eigenvalue weighted by Gasteiger charge is 2.38. The van der Waals surface area contributed by atoms with Crippen molar-refractivity contribution in [3.05, 3.63) is 59.7 Å². The predicted octanol–water partition coefficient (Wildman–Crippen LogP) is 3.53. The zero-order valence-electron chi connectivity index (χ0n) is 13.4. The minimum absolute atomic E-state index is 0.0635. The number of fused-ring (bicyclic) bond motifs is 2. The number of thioether (sulfide) groups is 1. The number of para-hydroxylation sites is 1. The van der Waals surface area contributed by atoms with Gasteiger partial charge in [-0.1, -0.05) is 41.1 Å². The molecule has 6 nitrogen and oxygen atoms in total. The van der Waals surface area contributed by atoms with Crippen LogP contribution in [0.2, 0.25) is 0 Å². The molecule has 0 radical (unpaired) electrons. The molecule has 1 aromatic heterocycles. The lowest BCUT2D eigenvalue weighted by Gasteiger charge is -2.12. The van der Waals surface area contributed by atoms with Crippen LogP contribution < -0.4 is 0 Å². The maximum Gasteiger partial charge on any atom is 0.334 e. The lowest BCUT2D eigenvalue weighted by atomic mass is 10.1. The Balaban J connectivity index is 1.33. The molecule has 0 bridgehead atoms. The quantitative estimate of drug-likeness (QED) is 0.495. The van der Waals surface area contributed by atoms with E-state index in [1.54, 1.807) is 23.5 Å². The molecule has 0 saturated heterocycles. The highest BCUT2D eigenvalue weighted by molar-refractivity contribution is 8.01. The van der Waals surface area contributed by atoms with Crippen LogP contribution in [0.1, 0.15) is 27.1 Å². The van der Waals surface area contributed by atoms with Gasteiger partial charge in [0.1, 0.15) is 0 Å². The SMILES string of the molecule is O=C(CCSc1nc2ccccc2s1)ON1C(=O)c2ccccc2C1=O. The molecule has 0 fully saturated rings. The van der Waals surface area contributed by atoms with Crippen molar-refractivity contribution in [1.29, 1.82) is 0 Å². The number of aromatic nitrogens is 1. The molecular weight excluding hydrogens is 372 g/mol. The second-order valence-corrected chi connectivity index (χ2v) is 7.83. The predicted molar refractivity (Wildman–Crippen MR) is 98.0 cm³/mol. The third kappa shape index (κ3) is 3.09. The fourth-order valence-electron chi connectivity index (χ4n) is 2.53. The molecule has 1 aliphatic heterocycles. The van der Waals surface area contributed by atoms with Crippen LogP contribution >= 0.6 is 23.1 Å². The number of hydroxylamine groups is 2. The molecule has 3 aromatic rings. The van der Waals surface area contributed by atoms with Crippen LogP contribution in [-0.2, 0) is 9.63 Å². The Morgan fingerprint density at radius 1 is 1.04 bits per heavy atom. The molecule has 26 heavy (non-hydrogen) atoms.